The largest absolute Gasteiger partial charge is 0.335 e. The number of carbonyl (C=O) groups is 1. The van der Waals surface area contributed by atoms with Crippen LogP contribution in [0.25, 0.3) is 5.69 Å². The number of imidazole rings is 1. The molecule has 0 unspecified atom stereocenters. The van der Waals surface area contributed by atoms with Gasteiger partial charge in [-0.2, -0.15) is 4.31 Å². The Balaban J connectivity index is 1.54. The minimum absolute atomic E-state index is 0.210. The van der Waals surface area contributed by atoms with Crippen LogP contribution in [0, 0.1) is 19.7 Å². The molecule has 0 radical (unpaired) electrons. The lowest BCUT2D eigenvalue weighted by atomic mass is 10.2. The number of carbonyl (C=O) groups excluding carboxylic acids is 1. The Labute approximate surface area is 197 Å². The molecular weight excluding hydrogens is 463 g/mol. The van der Waals surface area contributed by atoms with Crippen LogP contribution in [-0.4, -0.2) is 65.5 Å². The summed E-state index contributed by atoms with van der Waals surface area (Å²) in [5, 5.41) is 0.612. The van der Waals surface area contributed by atoms with Crippen molar-refractivity contribution in [2.24, 2.45) is 0 Å². The minimum atomic E-state index is -3.65. The zero-order valence-electron chi connectivity index (χ0n) is 18.7. The molecule has 0 bridgehead atoms. The van der Waals surface area contributed by atoms with Crippen LogP contribution in [0.1, 0.15) is 21.6 Å². The van der Waals surface area contributed by atoms with Gasteiger partial charge in [0.15, 0.2) is 5.16 Å². The summed E-state index contributed by atoms with van der Waals surface area (Å²) in [6.45, 7) is 4.61. The molecule has 1 saturated heterocycles. The molecule has 3 aromatic rings. The zero-order chi connectivity index (χ0) is 23.8. The highest BCUT2D eigenvalue weighted by Gasteiger charge is 2.32. The number of piperazine rings is 1. The summed E-state index contributed by atoms with van der Waals surface area (Å²) in [5.41, 5.74) is 2.58. The first-order valence-corrected chi connectivity index (χ1v) is 13.1. The Kier molecular flexibility index (Phi) is 6.60. The van der Waals surface area contributed by atoms with E-state index in [1.165, 1.54) is 34.4 Å². The van der Waals surface area contributed by atoms with Gasteiger partial charge in [0.1, 0.15) is 11.5 Å². The van der Waals surface area contributed by atoms with E-state index < -0.39 is 10.0 Å². The number of thioether (sulfide) groups is 1. The van der Waals surface area contributed by atoms with Gasteiger partial charge in [0.05, 0.1) is 11.1 Å². The summed E-state index contributed by atoms with van der Waals surface area (Å²) in [5.74, 6) is -0.602. The van der Waals surface area contributed by atoms with E-state index >= 15 is 0 Å². The van der Waals surface area contributed by atoms with Gasteiger partial charge in [0, 0.05) is 31.9 Å². The summed E-state index contributed by atoms with van der Waals surface area (Å²) in [4.78, 5) is 19.6. The Bertz CT molecular complexity index is 1280. The lowest BCUT2D eigenvalue weighted by Gasteiger charge is -2.34. The Hall–Kier alpha value is -2.69. The van der Waals surface area contributed by atoms with E-state index in [9.17, 15) is 17.6 Å². The number of hydrogen-bond donors (Lipinski definition) is 0. The molecule has 2 aromatic carbocycles. The Morgan fingerprint density at radius 2 is 1.70 bits per heavy atom. The molecule has 0 spiro atoms. The first kappa shape index (κ1) is 23.5. The van der Waals surface area contributed by atoms with E-state index in [1.54, 1.807) is 34.6 Å². The van der Waals surface area contributed by atoms with Crippen LogP contribution in [0.2, 0.25) is 0 Å². The third-order valence-electron chi connectivity index (χ3n) is 5.70. The fourth-order valence-electron chi connectivity index (χ4n) is 3.89. The number of benzene rings is 2. The van der Waals surface area contributed by atoms with Gasteiger partial charge < -0.3 is 4.90 Å². The number of hydrogen-bond acceptors (Lipinski definition) is 5. The van der Waals surface area contributed by atoms with E-state index in [1.807, 2.05) is 25.3 Å². The highest BCUT2D eigenvalue weighted by molar-refractivity contribution is 7.98. The summed E-state index contributed by atoms with van der Waals surface area (Å²) in [6, 6.07) is 11.3. The van der Waals surface area contributed by atoms with E-state index in [2.05, 4.69) is 4.98 Å². The van der Waals surface area contributed by atoms with E-state index in [0.29, 0.717) is 27.0 Å². The molecule has 1 amide bonds. The van der Waals surface area contributed by atoms with Crippen LogP contribution >= 0.6 is 11.8 Å². The van der Waals surface area contributed by atoms with Crippen LogP contribution in [-0.2, 0) is 10.0 Å². The second-order valence-electron chi connectivity index (χ2n) is 7.91. The Morgan fingerprint density at radius 1 is 1.03 bits per heavy atom. The van der Waals surface area contributed by atoms with Gasteiger partial charge in [-0.3, -0.25) is 9.36 Å². The Morgan fingerprint density at radius 3 is 2.33 bits per heavy atom. The van der Waals surface area contributed by atoms with Crippen molar-refractivity contribution < 1.29 is 17.6 Å². The number of nitrogens with zero attached hydrogens (tertiary/aromatic N) is 4. The fraction of sp³-hybridized carbons (Fsp3) is 0.304. The van der Waals surface area contributed by atoms with Crippen molar-refractivity contribution in [1.82, 2.24) is 18.8 Å². The van der Waals surface area contributed by atoms with E-state index in [0.717, 1.165) is 5.56 Å². The zero-order valence-corrected chi connectivity index (χ0v) is 20.3. The van der Waals surface area contributed by atoms with Crippen molar-refractivity contribution in [3.63, 3.8) is 0 Å². The SMILES string of the molecule is CSc1ncc(C(=O)N2CCN(S(=O)(=O)c3cc(C)ccc3C)CC2)n1-c1ccc(F)cc1. The molecule has 0 atom stereocenters. The molecule has 1 aromatic heterocycles. The number of amides is 1. The number of aryl methyl sites for hydroxylation is 2. The molecule has 1 aliphatic heterocycles. The monoisotopic (exact) mass is 488 g/mol. The van der Waals surface area contributed by atoms with Crippen molar-refractivity contribution in [2.75, 3.05) is 32.4 Å². The molecule has 2 heterocycles. The highest BCUT2D eigenvalue weighted by Crippen LogP contribution is 2.25. The average Bonchev–Trinajstić information content (AvgIpc) is 3.25. The third-order valence-corrected chi connectivity index (χ3v) is 8.40. The second-order valence-corrected chi connectivity index (χ2v) is 10.6. The van der Waals surface area contributed by atoms with Crippen molar-refractivity contribution in [1.29, 1.82) is 0 Å². The fourth-order valence-corrected chi connectivity index (χ4v) is 6.16. The first-order chi connectivity index (χ1) is 15.7. The maximum absolute atomic E-state index is 13.4. The van der Waals surface area contributed by atoms with Gasteiger partial charge >= 0.3 is 0 Å². The number of halogens is 1. The van der Waals surface area contributed by atoms with Gasteiger partial charge in [0.25, 0.3) is 5.91 Å². The van der Waals surface area contributed by atoms with Gasteiger partial charge in [-0.15, -0.1) is 0 Å². The van der Waals surface area contributed by atoms with Crippen LogP contribution < -0.4 is 0 Å². The molecule has 1 aliphatic rings. The first-order valence-electron chi connectivity index (χ1n) is 10.5. The smallest absolute Gasteiger partial charge is 0.272 e. The topological polar surface area (TPSA) is 75.5 Å². The number of aromatic nitrogens is 2. The van der Waals surface area contributed by atoms with Crippen molar-refractivity contribution in [3.05, 3.63) is 71.3 Å². The van der Waals surface area contributed by atoms with Crippen LogP contribution in [0.15, 0.2) is 58.7 Å². The van der Waals surface area contributed by atoms with Gasteiger partial charge in [-0.25, -0.2) is 17.8 Å². The van der Waals surface area contributed by atoms with Crippen LogP contribution in [0.3, 0.4) is 0 Å². The van der Waals surface area contributed by atoms with Gasteiger partial charge in [0.2, 0.25) is 10.0 Å². The molecule has 33 heavy (non-hydrogen) atoms. The van der Waals surface area contributed by atoms with Crippen LogP contribution in [0.4, 0.5) is 4.39 Å². The lowest BCUT2D eigenvalue weighted by molar-refractivity contribution is 0.0689. The summed E-state index contributed by atoms with van der Waals surface area (Å²) in [7, 11) is -3.65. The van der Waals surface area contributed by atoms with Crippen molar-refractivity contribution >= 4 is 27.7 Å². The summed E-state index contributed by atoms with van der Waals surface area (Å²) >= 11 is 1.38. The summed E-state index contributed by atoms with van der Waals surface area (Å²) < 4.78 is 42.9. The maximum Gasteiger partial charge on any atom is 0.272 e. The predicted octanol–water partition coefficient (Wildman–Crippen LogP) is 3.50. The highest BCUT2D eigenvalue weighted by atomic mass is 32.2. The minimum Gasteiger partial charge on any atom is -0.335 e. The lowest BCUT2D eigenvalue weighted by Crippen LogP contribution is -2.50. The van der Waals surface area contributed by atoms with Gasteiger partial charge in [-0.05, 0) is 61.6 Å². The molecule has 4 rings (SSSR count). The molecule has 1 fully saturated rings. The maximum atomic E-state index is 13.4. The standard InChI is InChI=1S/C23H25FN4O3S2/c1-16-4-5-17(2)21(14-16)33(30,31)27-12-10-26(11-13-27)22(29)20-15-25-23(32-3)28(20)19-8-6-18(24)7-9-19/h4-9,14-15H,10-13H2,1-3H3. The summed E-state index contributed by atoms with van der Waals surface area (Å²) in [6.07, 6.45) is 3.37. The quantitative estimate of drug-likeness (QED) is 0.514. The average molecular weight is 489 g/mol. The molecule has 7 nitrogen and oxygen atoms in total. The normalized spacial score (nSPS) is 15.1. The molecule has 0 saturated carbocycles. The predicted molar refractivity (Wildman–Crippen MR) is 126 cm³/mol. The molecule has 174 valence electrons. The number of rotatable bonds is 5. The van der Waals surface area contributed by atoms with Crippen molar-refractivity contribution in [2.45, 2.75) is 23.9 Å². The molecule has 0 aliphatic carbocycles. The van der Waals surface area contributed by atoms with Crippen LogP contribution in [0.5, 0.6) is 0 Å². The van der Waals surface area contributed by atoms with E-state index in [-0.39, 0.29) is 37.9 Å². The third kappa shape index (κ3) is 4.55. The molecular formula is C23H25FN4O3S2. The van der Waals surface area contributed by atoms with Gasteiger partial charge in [-0.1, -0.05) is 23.9 Å². The van der Waals surface area contributed by atoms with Crippen molar-refractivity contribution in [3.8, 4) is 5.69 Å². The molecule has 0 N–H and O–H groups in total. The van der Waals surface area contributed by atoms with E-state index in [4.69, 9.17) is 0 Å². The number of sulfonamides is 1. The second kappa shape index (κ2) is 9.28. The molecule has 10 heteroatoms.